The second-order valence-corrected chi connectivity index (χ2v) is 6.45. The first-order valence-electron chi connectivity index (χ1n) is 9.21. The summed E-state index contributed by atoms with van der Waals surface area (Å²) in [5.41, 5.74) is 2.92. The van der Waals surface area contributed by atoms with Crippen molar-refractivity contribution in [1.82, 2.24) is 10.6 Å². The van der Waals surface area contributed by atoms with Gasteiger partial charge in [-0.3, -0.25) is 4.79 Å². The summed E-state index contributed by atoms with van der Waals surface area (Å²) < 4.78 is 29.4. The molecule has 1 unspecified atom stereocenters. The number of alkyl halides is 2. The van der Waals surface area contributed by atoms with Gasteiger partial charge in [0.15, 0.2) is 6.10 Å². The molecule has 0 saturated carbocycles. The Hall–Kier alpha value is -2.84. The first-order chi connectivity index (χ1) is 14.0. The van der Waals surface area contributed by atoms with Gasteiger partial charge in [-0.1, -0.05) is 59.8 Å². The molecule has 0 spiro atoms. The predicted molar refractivity (Wildman–Crippen MR) is 106 cm³/mol. The summed E-state index contributed by atoms with van der Waals surface area (Å²) in [6.07, 6.45) is -2.80. The zero-order valence-corrected chi connectivity index (χ0v) is 16.1. The summed E-state index contributed by atoms with van der Waals surface area (Å²) in [4.78, 5) is 10.1. The van der Waals surface area contributed by atoms with Crippen LogP contribution in [0, 0.1) is 0 Å². The molecule has 2 aromatic carbocycles. The van der Waals surface area contributed by atoms with Crippen LogP contribution in [0.5, 0.6) is 0 Å². The number of nitrogens with one attached hydrogen (secondary N) is 2. The Morgan fingerprint density at radius 3 is 2.34 bits per heavy atom. The number of epoxide rings is 1. The number of nitrogens with zero attached hydrogens (tertiary/aromatic N) is 1. The number of benzene rings is 2. The molecule has 6 nitrogen and oxygen atoms in total. The maximum atomic E-state index is 12.6. The molecule has 1 aliphatic heterocycles. The summed E-state index contributed by atoms with van der Waals surface area (Å²) in [6.45, 7) is 1.43. The Bertz CT molecular complexity index is 784. The van der Waals surface area contributed by atoms with Crippen molar-refractivity contribution in [2.45, 2.75) is 31.6 Å². The van der Waals surface area contributed by atoms with Crippen LogP contribution in [0.25, 0.3) is 0 Å². The van der Waals surface area contributed by atoms with Gasteiger partial charge in [0, 0.05) is 13.0 Å². The van der Waals surface area contributed by atoms with E-state index in [1.807, 2.05) is 13.1 Å². The van der Waals surface area contributed by atoms with E-state index in [9.17, 15) is 13.6 Å². The summed E-state index contributed by atoms with van der Waals surface area (Å²) in [6, 6.07) is 17.2. The Balaban J connectivity index is 0.000000253. The molecule has 156 valence electrons. The van der Waals surface area contributed by atoms with Crippen molar-refractivity contribution in [2.75, 3.05) is 13.6 Å². The highest BCUT2D eigenvalue weighted by molar-refractivity contribution is 6.00. The van der Waals surface area contributed by atoms with Gasteiger partial charge in [-0.25, -0.2) is 0 Å². The van der Waals surface area contributed by atoms with Gasteiger partial charge in [-0.05, 0) is 36.7 Å². The first-order valence-corrected chi connectivity index (χ1v) is 9.21. The summed E-state index contributed by atoms with van der Waals surface area (Å²) in [7, 11) is 1.98. The average molecular weight is 405 g/mol. The highest BCUT2D eigenvalue weighted by Gasteiger charge is 2.59. The maximum Gasteiger partial charge on any atom is 0.383 e. The molecule has 29 heavy (non-hydrogen) atoms. The lowest BCUT2D eigenvalue weighted by molar-refractivity contribution is -0.109. The van der Waals surface area contributed by atoms with Gasteiger partial charge in [0.2, 0.25) is 6.41 Å². The molecular formula is C21H25F2N3O3. The zero-order valence-electron chi connectivity index (χ0n) is 16.1. The van der Waals surface area contributed by atoms with Gasteiger partial charge in [-0.2, -0.15) is 8.78 Å². The molecule has 3 rings (SSSR count). The fourth-order valence-electron chi connectivity index (χ4n) is 2.60. The average Bonchev–Trinajstić information content (AvgIpc) is 3.36. The molecule has 0 aromatic heterocycles. The van der Waals surface area contributed by atoms with Crippen LogP contribution in [0.1, 0.15) is 23.1 Å². The number of rotatable bonds is 9. The van der Waals surface area contributed by atoms with Gasteiger partial charge < -0.3 is 20.6 Å². The van der Waals surface area contributed by atoms with E-state index in [1.54, 1.807) is 24.3 Å². The third-order valence-electron chi connectivity index (χ3n) is 4.30. The Kier molecular flexibility index (Phi) is 8.69. The third kappa shape index (κ3) is 7.59. The van der Waals surface area contributed by atoms with Gasteiger partial charge in [-0.15, -0.1) is 0 Å². The van der Waals surface area contributed by atoms with Crippen molar-refractivity contribution in [3.63, 3.8) is 0 Å². The number of oxime groups is 1. The van der Waals surface area contributed by atoms with Gasteiger partial charge in [0.05, 0.1) is 5.71 Å². The fourth-order valence-corrected chi connectivity index (χ4v) is 2.60. The smallest absolute Gasteiger partial charge is 0.383 e. The van der Waals surface area contributed by atoms with Crippen molar-refractivity contribution < 1.29 is 23.5 Å². The lowest BCUT2D eigenvalue weighted by atomic mass is 10.0. The van der Waals surface area contributed by atoms with E-state index >= 15 is 0 Å². The number of carbonyl (C=O) groups is 1. The first kappa shape index (κ1) is 22.4. The minimum absolute atomic E-state index is 0.136. The van der Waals surface area contributed by atoms with Crippen LogP contribution in [-0.2, 0) is 22.5 Å². The van der Waals surface area contributed by atoms with Crippen LogP contribution in [0.15, 0.2) is 59.8 Å². The van der Waals surface area contributed by atoms with E-state index < -0.39 is 12.2 Å². The Labute approximate surface area is 168 Å². The van der Waals surface area contributed by atoms with Gasteiger partial charge >= 0.3 is 6.11 Å². The normalized spacial score (nSPS) is 17.1. The molecule has 1 fully saturated rings. The van der Waals surface area contributed by atoms with Gasteiger partial charge in [0.1, 0.15) is 0 Å². The van der Waals surface area contributed by atoms with E-state index in [2.05, 4.69) is 44.8 Å². The lowest BCUT2D eigenvalue weighted by Gasteiger charge is -2.04. The minimum Gasteiger partial charge on any atom is -0.411 e. The van der Waals surface area contributed by atoms with Crippen molar-refractivity contribution in [1.29, 1.82) is 0 Å². The number of likely N-dealkylation sites (N-methyl/N-ethyl adjacent to an activating group) is 1. The van der Waals surface area contributed by atoms with Crippen LogP contribution in [-0.4, -0.2) is 43.1 Å². The molecule has 1 atom stereocenters. The summed E-state index contributed by atoms with van der Waals surface area (Å²) in [5, 5.41) is 17.5. The molecule has 0 bridgehead atoms. The molecule has 1 amide bonds. The molecule has 0 radical (unpaired) electrons. The lowest BCUT2D eigenvalue weighted by Crippen LogP contribution is -2.11. The Morgan fingerprint density at radius 1 is 1.17 bits per heavy atom. The maximum absolute atomic E-state index is 12.6. The van der Waals surface area contributed by atoms with Crippen LogP contribution < -0.4 is 10.6 Å². The second kappa shape index (κ2) is 11.2. The van der Waals surface area contributed by atoms with E-state index in [0.717, 1.165) is 18.5 Å². The molecule has 0 aliphatic carbocycles. The monoisotopic (exact) mass is 405 g/mol. The number of carbonyl (C=O) groups excluding carboxylic acids is 1. The van der Waals surface area contributed by atoms with Gasteiger partial charge in [0.25, 0.3) is 0 Å². The molecule has 1 aliphatic rings. The molecular weight excluding hydrogens is 380 g/mol. The van der Waals surface area contributed by atoms with E-state index in [4.69, 9.17) is 5.21 Å². The number of amides is 1. The number of hydrogen-bond acceptors (Lipinski definition) is 5. The third-order valence-corrected chi connectivity index (χ3v) is 4.30. The number of halogens is 2. The largest absolute Gasteiger partial charge is 0.411 e. The summed E-state index contributed by atoms with van der Waals surface area (Å²) >= 11 is 0. The van der Waals surface area contributed by atoms with Crippen LogP contribution in [0.3, 0.4) is 0 Å². The highest BCUT2D eigenvalue weighted by atomic mass is 19.3. The van der Waals surface area contributed by atoms with Crippen molar-refractivity contribution in [2.24, 2.45) is 5.16 Å². The second-order valence-electron chi connectivity index (χ2n) is 6.45. The molecule has 1 heterocycles. The molecule has 8 heteroatoms. The molecule has 2 aromatic rings. The predicted octanol–water partition coefficient (Wildman–Crippen LogP) is 2.94. The standard InChI is InChI=1S/C12H12F2N2O3.C9H13N/c13-12(14)11(19-12)5-10(16-18)9-3-1-8(2-4-9)6-15-7-17;1-10-8-7-9-5-3-2-4-6-9/h1-4,7,11,18H,5-6H2,(H,15,17);2-6,10H,7-8H2,1H3/b16-10+;. The number of hydrogen-bond donors (Lipinski definition) is 3. The topological polar surface area (TPSA) is 86.3 Å². The van der Waals surface area contributed by atoms with Crippen LogP contribution in [0.2, 0.25) is 0 Å². The van der Waals surface area contributed by atoms with E-state index in [1.165, 1.54) is 5.56 Å². The van der Waals surface area contributed by atoms with E-state index in [0.29, 0.717) is 18.5 Å². The quantitative estimate of drug-likeness (QED) is 0.197. The summed E-state index contributed by atoms with van der Waals surface area (Å²) in [5.74, 6) is 0. The van der Waals surface area contributed by atoms with Crippen LogP contribution >= 0.6 is 0 Å². The van der Waals surface area contributed by atoms with Crippen molar-refractivity contribution in [3.05, 3.63) is 71.3 Å². The van der Waals surface area contributed by atoms with Crippen LogP contribution in [0.4, 0.5) is 8.78 Å². The van der Waals surface area contributed by atoms with Crippen molar-refractivity contribution in [3.8, 4) is 0 Å². The van der Waals surface area contributed by atoms with Crippen molar-refractivity contribution >= 4 is 12.1 Å². The SMILES string of the molecule is CNCCc1ccccc1.O=CNCc1ccc(/C(CC2OC2(F)F)=N/O)cc1. The fraction of sp³-hybridized carbons (Fsp3) is 0.333. The highest BCUT2D eigenvalue weighted by Crippen LogP contribution is 2.42. The molecule has 1 saturated heterocycles. The minimum atomic E-state index is -3.12. The number of ether oxygens (including phenoxy) is 1. The molecule has 3 N–H and O–H groups in total. The zero-order chi connectivity index (χ0) is 21.1. The van der Waals surface area contributed by atoms with E-state index in [-0.39, 0.29) is 12.1 Å². The Morgan fingerprint density at radius 2 is 1.83 bits per heavy atom.